The zero-order valence-corrected chi connectivity index (χ0v) is 16.1. The third-order valence-electron chi connectivity index (χ3n) is 4.21. The van der Waals surface area contributed by atoms with E-state index >= 15 is 0 Å². The van der Waals surface area contributed by atoms with Crippen LogP contribution < -0.4 is 15.4 Å². The molecule has 0 saturated carbocycles. The molecule has 0 unspecified atom stereocenters. The summed E-state index contributed by atoms with van der Waals surface area (Å²) in [6.07, 6.45) is 0.546. The number of ether oxygens (including phenoxy) is 1. The van der Waals surface area contributed by atoms with Crippen LogP contribution in [0.3, 0.4) is 0 Å². The number of amides is 2. The van der Waals surface area contributed by atoms with E-state index in [4.69, 9.17) is 4.74 Å². The van der Waals surface area contributed by atoms with Gasteiger partial charge < -0.3 is 19.9 Å². The summed E-state index contributed by atoms with van der Waals surface area (Å²) in [5.74, 6) is 1.29. The van der Waals surface area contributed by atoms with Crippen molar-refractivity contribution in [3.05, 3.63) is 54.4 Å². The van der Waals surface area contributed by atoms with Crippen LogP contribution in [-0.2, 0) is 22.6 Å². The number of para-hydroxylation sites is 2. The van der Waals surface area contributed by atoms with Gasteiger partial charge in [0.05, 0.1) is 17.6 Å². The third kappa shape index (κ3) is 4.88. The van der Waals surface area contributed by atoms with Gasteiger partial charge in [-0.05, 0) is 43.3 Å². The molecule has 7 nitrogen and oxygen atoms in total. The first-order chi connectivity index (χ1) is 13.6. The lowest BCUT2D eigenvalue weighted by Gasteiger charge is -2.11. The molecule has 146 valence electrons. The Labute approximate surface area is 163 Å². The van der Waals surface area contributed by atoms with Gasteiger partial charge in [0, 0.05) is 25.6 Å². The van der Waals surface area contributed by atoms with Crippen LogP contribution in [0.25, 0.3) is 11.0 Å². The van der Waals surface area contributed by atoms with Gasteiger partial charge in [-0.15, -0.1) is 0 Å². The van der Waals surface area contributed by atoms with Gasteiger partial charge in [-0.3, -0.25) is 9.59 Å². The summed E-state index contributed by atoms with van der Waals surface area (Å²) in [7, 11) is 0. The number of nitrogens with zero attached hydrogens (tertiary/aromatic N) is 2. The molecular weight excluding hydrogens is 356 g/mol. The zero-order chi connectivity index (χ0) is 19.9. The lowest BCUT2D eigenvalue weighted by atomic mass is 10.3. The van der Waals surface area contributed by atoms with E-state index in [9.17, 15) is 9.59 Å². The highest BCUT2D eigenvalue weighted by Crippen LogP contribution is 2.18. The monoisotopic (exact) mass is 380 g/mol. The number of anilines is 1. The number of imidazole rings is 1. The van der Waals surface area contributed by atoms with Crippen LogP contribution in [0, 0.1) is 0 Å². The molecule has 3 aromatic rings. The molecule has 1 aromatic heterocycles. The van der Waals surface area contributed by atoms with Crippen molar-refractivity contribution in [2.75, 3.05) is 18.5 Å². The molecule has 0 radical (unpaired) electrons. The molecule has 28 heavy (non-hydrogen) atoms. The quantitative estimate of drug-likeness (QED) is 0.629. The Kier molecular flexibility index (Phi) is 6.26. The average Bonchev–Trinajstić information content (AvgIpc) is 3.01. The third-order valence-corrected chi connectivity index (χ3v) is 4.21. The lowest BCUT2D eigenvalue weighted by Crippen LogP contribution is -2.25. The highest BCUT2D eigenvalue weighted by atomic mass is 16.5. The van der Waals surface area contributed by atoms with Gasteiger partial charge in [0.1, 0.15) is 18.1 Å². The summed E-state index contributed by atoms with van der Waals surface area (Å²) in [6, 6.07) is 15.0. The molecule has 0 spiro atoms. The van der Waals surface area contributed by atoms with E-state index < -0.39 is 0 Å². The maximum absolute atomic E-state index is 12.6. The summed E-state index contributed by atoms with van der Waals surface area (Å²) in [4.78, 5) is 28.4. The first kappa shape index (κ1) is 19.4. The molecule has 0 aliphatic rings. The van der Waals surface area contributed by atoms with E-state index in [-0.39, 0.29) is 18.4 Å². The highest BCUT2D eigenvalue weighted by molar-refractivity contribution is 5.91. The normalized spacial score (nSPS) is 10.6. The molecular formula is C21H24N4O3. The van der Waals surface area contributed by atoms with Crippen LogP contribution in [0.1, 0.15) is 19.7 Å². The number of nitrogens with one attached hydrogen (secondary N) is 2. The molecule has 2 N–H and O–H groups in total. The fraction of sp³-hybridized carbons (Fsp3) is 0.286. The van der Waals surface area contributed by atoms with Crippen molar-refractivity contribution in [3.8, 4) is 5.75 Å². The number of hydrogen-bond donors (Lipinski definition) is 2. The molecule has 0 atom stereocenters. The smallest absolute Gasteiger partial charge is 0.244 e. The van der Waals surface area contributed by atoms with Crippen LogP contribution in [0.4, 0.5) is 5.69 Å². The van der Waals surface area contributed by atoms with Crippen molar-refractivity contribution in [2.24, 2.45) is 0 Å². The number of hydrogen-bond acceptors (Lipinski definition) is 4. The molecule has 2 aromatic carbocycles. The second-order valence-electron chi connectivity index (χ2n) is 6.34. The Hall–Kier alpha value is -3.35. The van der Waals surface area contributed by atoms with E-state index in [1.165, 1.54) is 6.92 Å². The summed E-state index contributed by atoms with van der Waals surface area (Å²) < 4.78 is 7.30. The van der Waals surface area contributed by atoms with E-state index in [0.717, 1.165) is 22.6 Å². The predicted molar refractivity (Wildman–Crippen MR) is 108 cm³/mol. The Morgan fingerprint density at radius 2 is 1.86 bits per heavy atom. The first-order valence-electron chi connectivity index (χ1n) is 9.28. The summed E-state index contributed by atoms with van der Waals surface area (Å²) in [5, 5.41) is 5.67. The molecule has 0 fully saturated rings. The van der Waals surface area contributed by atoms with Crippen LogP contribution in [0.15, 0.2) is 48.5 Å². The number of carbonyl (C=O) groups is 2. The molecule has 0 saturated heterocycles. The van der Waals surface area contributed by atoms with Crippen molar-refractivity contribution >= 4 is 28.5 Å². The van der Waals surface area contributed by atoms with Crippen LogP contribution in [-0.4, -0.2) is 34.5 Å². The molecule has 0 aliphatic heterocycles. The number of benzene rings is 2. The minimum atomic E-state index is -0.145. The molecule has 7 heteroatoms. The van der Waals surface area contributed by atoms with E-state index in [1.54, 1.807) is 0 Å². The predicted octanol–water partition coefficient (Wildman–Crippen LogP) is 2.75. The number of aromatic nitrogens is 2. The van der Waals surface area contributed by atoms with Crippen LogP contribution in [0.2, 0.25) is 0 Å². The molecule has 2 amide bonds. The molecule has 3 rings (SSSR count). The fourth-order valence-electron chi connectivity index (χ4n) is 2.99. The van der Waals surface area contributed by atoms with Crippen molar-refractivity contribution in [3.63, 3.8) is 0 Å². The Morgan fingerprint density at radius 1 is 1.11 bits per heavy atom. The second kappa shape index (κ2) is 9.03. The second-order valence-corrected chi connectivity index (χ2v) is 6.34. The largest absolute Gasteiger partial charge is 0.494 e. The van der Waals surface area contributed by atoms with Crippen molar-refractivity contribution in [1.29, 1.82) is 0 Å². The Morgan fingerprint density at radius 3 is 2.57 bits per heavy atom. The average molecular weight is 380 g/mol. The van der Waals surface area contributed by atoms with Crippen LogP contribution >= 0.6 is 0 Å². The summed E-state index contributed by atoms with van der Waals surface area (Å²) in [6.45, 7) is 4.62. The fourth-order valence-corrected chi connectivity index (χ4v) is 2.99. The van der Waals surface area contributed by atoms with Gasteiger partial charge in [-0.1, -0.05) is 12.1 Å². The van der Waals surface area contributed by atoms with Gasteiger partial charge >= 0.3 is 0 Å². The minimum Gasteiger partial charge on any atom is -0.494 e. The standard InChI is InChI=1S/C21H24N4O3/c1-3-28-17-10-8-16(9-11-17)23-21(27)14-25-19-7-5-4-6-18(19)24-20(25)12-13-22-15(2)26/h4-11H,3,12-14H2,1-2H3,(H,22,26)(H,23,27). The lowest BCUT2D eigenvalue weighted by molar-refractivity contribution is -0.119. The maximum Gasteiger partial charge on any atom is 0.244 e. The summed E-state index contributed by atoms with van der Waals surface area (Å²) in [5.41, 5.74) is 2.43. The van der Waals surface area contributed by atoms with Crippen molar-refractivity contribution in [1.82, 2.24) is 14.9 Å². The van der Waals surface area contributed by atoms with Crippen molar-refractivity contribution in [2.45, 2.75) is 26.8 Å². The first-order valence-corrected chi connectivity index (χ1v) is 9.28. The minimum absolute atomic E-state index is 0.0871. The van der Waals surface area contributed by atoms with Gasteiger partial charge in [-0.2, -0.15) is 0 Å². The number of carbonyl (C=O) groups excluding carboxylic acids is 2. The molecule has 0 bridgehead atoms. The van der Waals surface area contributed by atoms with Gasteiger partial charge in [0.2, 0.25) is 11.8 Å². The Balaban J connectivity index is 1.74. The van der Waals surface area contributed by atoms with Gasteiger partial charge in [0.25, 0.3) is 0 Å². The van der Waals surface area contributed by atoms with Gasteiger partial charge in [-0.25, -0.2) is 4.98 Å². The SMILES string of the molecule is CCOc1ccc(NC(=O)Cn2c(CCNC(C)=O)nc3ccccc32)cc1. The van der Waals surface area contributed by atoms with Crippen LogP contribution in [0.5, 0.6) is 5.75 Å². The number of rotatable bonds is 8. The van der Waals surface area contributed by atoms with E-state index in [1.807, 2.05) is 60.0 Å². The maximum atomic E-state index is 12.6. The molecule has 1 heterocycles. The zero-order valence-electron chi connectivity index (χ0n) is 16.1. The highest BCUT2D eigenvalue weighted by Gasteiger charge is 2.14. The van der Waals surface area contributed by atoms with Crippen molar-refractivity contribution < 1.29 is 14.3 Å². The Bertz CT molecular complexity index is 963. The number of fused-ring (bicyclic) bond motifs is 1. The van der Waals surface area contributed by atoms with E-state index in [0.29, 0.717) is 25.3 Å². The summed E-state index contributed by atoms with van der Waals surface area (Å²) >= 11 is 0. The van der Waals surface area contributed by atoms with Gasteiger partial charge in [0.15, 0.2) is 0 Å². The van der Waals surface area contributed by atoms with E-state index in [2.05, 4.69) is 15.6 Å². The molecule has 0 aliphatic carbocycles. The topological polar surface area (TPSA) is 85.2 Å².